The van der Waals surface area contributed by atoms with Crippen LogP contribution in [0.2, 0.25) is 0 Å². The highest BCUT2D eigenvalue weighted by Crippen LogP contribution is 2.34. The van der Waals surface area contributed by atoms with E-state index in [4.69, 9.17) is 0 Å². The summed E-state index contributed by atoms with van der Waals surface area (Å²) >= 11 is 0. The highest BCUT2D eigenvalue weighted by Gasteiger charge is 2.49. The highest BCUT2D eigenvalue weighted by atomic mass is 16.4. The van der Waals surface area contributed by atoms with Crippen LogP contribution in [0.3, 0.4) is 0 Å². The first kappa shape index (κ1) is 14.6. The first-order chi connectivity index (χ1) is 9.49. The number of hydrogen-bond donors (Lipinski definition) is 3. The topological polar surface area (TPSA) is 98.7 Å². The minimum absolute atomic E-state index is 0.0882. The Bertz CT molecular complexity index is 426. The quantitative estimate of drug-likeness (QED) is 0.691. The Hall–Kier alpha value is -1.79. The molecule has 0 aromatic carbocycles. The van der Waals surface area contributed by atoms with Gasteiger partial charge in [0.2, 0.25) is 5.91 Å². The van der Waals surface area contributed by atoms with E-state index in [-0.39, 0.29) is 24.4 Å². The van der Waals surface area contributed by atoms with Crippen LogP contribution in [0.15, 0.2) is 0 Å². The zero-order valence-electron chi connectivity index (χ0n) is 11.6. The number of hydrogen-bond acceptors (Lipinski definition) is 3. The Morgan fingerprint density at radius 2 is 2.30 bits per heavy atom. The van der Waals surface area contributed by atoms with Crippen molar-refractivity contribution in [1.82, 2.24) is 15.5 Å². The molecule has 2 rings (SSSR count). The van der Waals surface area contributed by atoms with Gasteiger partial charge in [0.15, 0.2) is 0 Å². The van der Waals surface area contributed by atoms with Gasteiger partial charge in [-0.1, -0.05) is 13.3 Å². The third kappa shape index (κ3) is 2.57. The van der Waals surface area contributed by atoms with Gasteiger partial charge in [-0.3, -0.25) is 4.79 Å². The number of aliphatic carboxylic acids is 1. The van der Waals surface area contributed by atoms with E-state index in [1.54, 1.807) is 0 Å². The van der Waals surface area contributed by atoms with Gasteiger partial charge >= 0.3 is 12.0 Å². The van der Waals surface area contributed by atoms with Crippen LogP contribution in [0.5, 0.6) is 0 Å². The van der Waals surface area contributed by atoms with E-state index in [1.807, 2.05) is 6.92 Å². The van der Waals surface area contributed by atoms with Crippen molar-refractivity contribution in [3.05, 3.63) is 0 Å². The van der Waals surface area contributed by atoms with Gasteiger partial charge in [-0.2, -0.15) is 0 Å². The number of nitrogens with one attached hydrogen (secondary N) is 2. The molecule has 0 aliphatic carbocycles. The summed E-state index contributed by atoms with van der Waals surface area (Å²) in [5, 5.41) is 14.9. The molecule has 0 spiro atoms. The molecule has 3 amide bonds. The molecule has 2 saturated heterocycles. The highest BCUT2D eigenvalue weighted by molar-refractivity contribution is 5.88. The number of nitrogens with zero attached hydrogens (tertiary/aromatic N) is 1. The number of carboxylic acids is 1. The minimum atomic E-state index is -1.09. The second-order valence-corrected chi connectivity index (χ2v) is 5.50. The predicted molar refractivity (Wildman–Crippen MR) is 71.2 cm³/mol. The van der Waals surface area contributed by atoms with Crippen molar-refractivity contribution < 1.29 is 19.5 Å². The SMILES string of the molecule is CCCC1(C(=O)O)CCCN1C(=O)NC1CNC(=O)C1. The van der Waals surface area contributed by atoms with E-state index in [1.165, 1.54) is 4.90 Å². The van der Waals surface area contributed by atoms with Crippen LogP contribution < -0.4 is 10.6 Å². The Balaban J connectivity index is 2.07. The molecule has 3 N–H and O–H groups in total. The second kappa shape index (κ2) is 5.68. The van der Waals surface area contributed by atoms with Crippen LogP contribution in [0, 0.1) is 0 Å². The summed E-state index contributed by atoms with van der Waals surface area (Å²) in [7, 11) is 0. The molecule has 2 heterocycles. The average molecular weight is 283 g/mol. The van der Waals surface area contributed by atoms with Gasteiger partial charge in [-0.25, -0.2) is 9.59 Å². The van der Waals surface area contributed by atoms with Gasteiger partial charge in [0.05, 0.1) is 6.04 Å². The smallest absolute Gasteiger partial charge is 0.329 e. The van der Waals surface area contributed by atoms with E-state index in [2.05, 4.69) is 10.6 Å². The van der Waals surface area contributed by atoms with E-state index in [9.17, 15) is 19.5 Å². The maximum absolute atomic E-state index is 12.3. The molecule has 2 aliphatic heterocycles. The molecule has 0 bridgehead atoms. The number of carbonyl (C=O) groups excluding carboxylic acids is 2. The van der Waals surface area contributed by atoms with Gasteiger partial charge in [-0.05, 0) is 19.3 Å². The summed E-state index contributed by atoms with van der Waals surface area (Å²) in [4.78, 5) is 36.5. The van der Waals surface area contributed by atoms with Gasteiger partial charge in [0.25, 0.3) is 0 Å². The van der Waals surface area contributed by atoms with Crippen molar-refractivity contribution in [3.8, 4) is 0 Å². The fourth-order valence-corrected chi connectivity index (χ4v) is 3.14. The zero-order valence-corrected chi connectivity index (χ0v) is 11.6. The van der Waals surface area contributed by atoms with E-state index in [0.29, 0.717) is 38.8 Å². The molecule has 20 heavy (non-hydrogen) atoms. The lowest BCUT2D eigenvalue weighted by molar-refractivity contribution is -0.148. The third-order valence-corrected chi connectivity index (χ3v) is 4.10. The van der Waals surface area contributed by atoms with Crippen LogP contribution in [0.25, 0.3) is 0 Å². The van der Waals surface area contributed by atoms with Crippen molar-refractivity contribution in [1.29, 1.82) is 0 Å². The van der Waals surface area contributed by atoms with Crippen LogP contribution in [-0.2, 0) is 9.59 Å². The second-order valence-electron chi connectivity index (χ2n) is 5.50. The monoisotopic (exact) mass is 283 g/mol. The fraction of sp³-hybridized carbons (Fsp3) is 0.769. The van der Waals surface area contributed by atoms with E-state index >= 15 is 0 Å². The number of rotatable bonds is 4. The Labute approximate surface area is 117 Å². The molecule has 112 valence electrons. The van der Waals surface area contributed by atoms with Gasteiger partial charge in [0, 0.05) is 19.5 Å². The Morgan fingerprint density at radius 1 is 1.55 bits per heavy atom. The summed E-state index contributed by atoms with van der Waals surface area (Å²) in [6, 6.07) is -0.622. The molecule has 7 heteroatoms. The molecule has 2 atom stereocenters. The van der Waals surface area contributed by atoms with Crippen LogP contribution >= 0.6 is 0 Å². The third-order valence-electron chi connectivity index (χ3n) is 4.10. The molecule has 0 aromatic rings. The van der Waals surface area contributed by atoms with E-state index < -0.39 is 11.5 Å². The maximum Gasteiger partial charge on any atom is 0.329 e. The first-order valence-electron chi connectivity index (χ1n) is 7.08. The molecule has 7 nitrogen and oxygen atoms in total. The van der Waals surface area contributed by atoms with Crippen molar-refractivity contribution in [2.45, 2.75) is 50.6 Å². The number of amides is 3. The molecule has 0 aromatic heterocycles. The number of likely N-dealkylation sites (tertiary alicyclic amines) is 1. The van der Waals surface area contributed by atoms with Crippen LogP contribution in [0.1, 0.15) is 39.0 Å². The number of carbonyl (C=O) groups is 3. The van der Waals surface area contributed by atoms with Crippen molar-refractivity contribution in [2.24, 2.45) is 0 Å². The zero-order chi connectivity index (χ0) is 14.8. The lowest BCUT2D eigenvalue weighted by Gasteiger charge is -2.35. The Kier molecular flexibility index (Phi) is 4.15. The minimum Gasteiger partial charge on any atom is -0.479 e. The van der Waals surface area contributed by atoms with Crippen molar-refractivity contribution >= 4 is 17.9 Å². The Morgan fingerprint density at radius 3 is 2.85 bits per heavy atom. The molecular formula is C13H21N3O4. The molecule has 0 saturated carbocycles. The molecular weight excluding hydrogens is 262 g/mol. The summed E-state index contributed by atoms with van der Waals surface area (Å²) in [5.41, 5.74) is -1.09. The predicted octanol–water partition coefficient (Wildman–Crippen LogP) is 0.304. The number of urea groups is 1. The molecule has 2 aliphatic rings. The largest absolute Gasteiger partial charge is 0.479 e. The van der Waals surface area contributed by atoms with Gasteiger partial charge in [-0.15, -0.1) is 0 Å². The average Bonchev–Trinajstić information content (AvgIpc) is 2.97. The van der Waals surface area contributed by atoms with Crippen LogP contribution in [-0.4, -0.2) is 52.6 Å². The van der Waals surface area contributed by atoms with Gasteiger partial charge in [0.1, 0.15) is 5.54 Å². The maximum atomic E-state index is 12.3. The summed E-state index contributed by atoms with van der Waals surface area (Å²) in [6.45, 7) is 2.77. The summed E-state index contributed by atoms with van der Waals surface area (Å²) in [6.07, 6.45) is 2.61. The van der Waals surface area contributed by atoms with Crippen molar-refractivity contribution in [3.63, 3.8) is 0 Å². The fourth-order valence-electron chi connectivity index (χ4n) is 3.14. The summed E-state index contributed by atoms with van der Waals surface area (Å²) < 4.78 is 0. The molecule has 2 fully saturated rings. The molecule has 0 radical (unpaired) electrons. The van der Waals surface area contributed by atoms with Gasteiger partial charge < -0.3 is 20.6 Å². The van der Waals surface area contributed by atoms with E-state index in [0.717, 1.165) is 0 Å². The van der Waals surface area contributed by atoms with Crippen molar-refractivity contribution in [2.75, 3.05) is 13.1 Å². The lowest BCUT2D eigenvalue weighted by atomic mass is 9.91. The first-order valence-corrected chi connectivity index (χ1v) is 7.08. The standard InChI is InChI=1S/C13H21N3O4/c1-2-4-13(11(18)19)5-3-6-16(13)12(20)15-9-7-10(17)14-8-9/h9H,2-8H2,1H3,(H,14,17)(H,15,20)(H,18,19). The van der Waals surface area contributed by atoms with Crippen LogP contribution in [0.4, 0.5) is 4.79 Å². The molecule has 2 unspecified atom stereocenters. The number of carboxylic acid groups (broad SMARTS) is 1. The normalized spacial score (nSPS) is 29.4. The lowest BCUT2D eigenvalue weighted by Crippen LogP contribution is -2.57. The summed E-state index contributed by atoms with van der Waals surface area (Å²) in [5.74, 6) is -1.03.